The number of benzene rings is 1. The van der Waals surface area contributed by atoms with E-state index in [1.165, 1.54) is 17.1 Å². The van der Waals surface area contributed by atoms with Crippen molar-refractivity contribution in [1.29, 1.82) is 0 Å². The first kappa shape index (κ1) is 24.8. The quantitative estimate of drug-likeness (QED) is 0.190. The largest absolute Gasteiger partial charge is 0.373 e. The van der Waals surface area contributed by atoms with E-state index in [0.29, 0.717) is 12.2 Å². The predicted octanol–water partition coefficient (Wildman–Crippen LogP) is 3.79. The lowest BCUT2D eigenvalue weighted by atomic mass is 10.2. The summed E-state index contributed by atoms with van der Waals surface area (Å²) < 4.78 is 5.82. The Morgan fingerprint density at radius 2 is 1.90 bits per heavy atom. The molecule has 0 radical (unpaired) electrons. The number of nitrogens with zero attached hydrogens (tertiary/aromatic N) is 3. The molecule has 0 bridgehead atoms. The van der Waals surface area contributed by atoms with Gasteiger partial charge in [-0.2, -0.15) is 0 Å². The van der Waals surface area contributed by atoms with Crippen molar-refractivity contribution in [2.24, 2.45) is 10.9 Å². The Labute approximate surface area is 198 Å². The minimum Gasteiger partial charge on any atom is -0.373 e. The van der Waals surface area contributed by atoms with Crippen LogP contribution in [0.15, 0.2) is 40.2 Å². The summed E-state index contributed by atoms with van der Waals surface area (Å²) in [7, 11) is 1.90. The number of hydrogen-bond donors (Lipinski definition) is 1. The van der Waals surface area contributed by atoms with E-state index in [4.69, 9.17) is 4.74 Å². The maximum absolute atomic E-state index is 5.82. The molecule has 0 spiro atoms. The Morgan fingerprint density at radius 1 is 1.17 bits per heavy atom. The summed E-state index contributed by atoms with van der Waals surface area (Å²) in [6.45, 7) is 10.8. The normalized spacial score (nSPS) is 25.7. The van der Waals surface area contributed by atoms with Gasteiger partial charge in [-0.25, -0.2) is 0 Å². The van der Waals surface area contributed by atoms with E-state index in [-0.39, 0.29) is 24.0 Å². The van der Waals surface area contributed by atoms with Gasteiger partial charge in [0.2, 0.25) is 0 Å². The number of thioether (sulfide) groups is 1. The lowest BCUT2D eigenvalue weighted by molar-refractivity contribution is -0.0679. The third kappa shape index (κ3) is 8.26. The van der Waals surface area contributed by atoms with Gasteiger partial charge in [-0.05, 0) is 44.7 Å². The molecule has 164 valence electrons. The molecule has 2 saturated heterocycles. The van der Waals surface area contributed by atoms with Crippen LogP contribution < -0.4 is 5.32 Å². The number of rotatable bonds is 7. The summed E-state index contributed by atoms with van der Waals surface area (Å²) in [5.74, 6) is 2.99. The van der Waals surface area contributed by atoms with Gasteiger partial charge in [0.05, 0.1) is 12.2 Å². The standard InChI is InChI=1S/C22H36N4OS.HI/c1-18-14-25(15-19(2)27-18)12-7-11-24-22(23-3)26-13-10-20(16-26)17-28-21-8-5-4-6-9-21;/h4-6,8-9,18-20H,7,10-17H2,1-3H3,(H,23,24);1H. The molecule has 3 rings (SSSR count). The fraction of sp³-hybridized carbons (Fsp3) is 0.682. The number of halogens is 1. The summed E-state index contributed by atoms with van der Waals surface area (Å²) in [6, 6.07) is 10.7. The third-order valence-electron chi connectivity index (χ3n) is 5.46. The van der Waals surface area contributed by atoms with Gasteiger partial charge in [0, 0.05) is 57.0 Å². The van der Waals surface area contributed by atoms with Crippen molar-refractivity contribution >= 4 is 41.7 Å². The molecule has 1 aromatic rings. The SMILES string of the molecule is CN=C(NCCCN1CC(C)OC(C)C1)N1CCC(CSc2ccccc2)C1.I. The molecule has 5 nitrogen and oxygen atoms in total. The molecule has 3 unspecified atom stereocenters. The maximum Gasteiger partial charge on any atom is 0.193 e. The predicted molar refractivity (Wildman–Crippen MR) is 135 cm³/mol. The molecule has 1 N–H and O–H groups in total. The minimum atomic E-state index is 0. The van der Waals surface area contributed by atoms with Gasteiger partial charge in [-0.3, -0.25) is 9.89 Å². The van der Waals surface area contributed by atoms with Crippen molar-refractivity contribution in [3.8, 4) is 0 Å². The highest BCUT2D eigenvalue weighted by Crippen LogP contribution is 2.25. The van der Waals surface area contributed by atoms with Gasteiger partial charge in [0.1, 0.15) is 0 Å². The van der Waals surface area contributed by atoms with E-state index in [1.807, 2.05) is 18.8 Å². The van der Waals surface area contributed by atoms with E-state index in [2.05, 4.69) is 64.3 Å². The molecule has 1 aromatic carbocycles. The smallest absolute Gasteiger partial charge is 0.193 e. The van der Waals surface area contributed by atoms with Crippen LogP contribution in [0.3, 0.4) is 0 Å². The Kier molecular flexibility index (Phi) is 11.1. The highest BCUT2D eigenvalue weighted by molar-refractivity contribution is 14.0. The Hall–Kier alpha value is -0.510. The first-order valence-corrected chi connectivity index (χ1v) is 11.6. The minimum absolute atomic E-state index is 0. The molecule has 0 saturated carbocycles. The zero-order valence-corrected chi connectivity index (χ0v) is 21.2. The van der Waals surface area contributed by atoms with Crippen molar-refractivity contribution < 1.29 is 4.74 Å². The van der Waals surface area contributed by atoms with E-state index >= 15 is 0 Å². The molecule has 0 aliphatic carbocycles. The molecular formula is C22H37IN4OS. The van der Waals surface area contributed by atoms with Crippen LogP contribution in [0.25, 0.3) is 0 Å². The van der Waals surface area contributed by atoms with Crippen molar-refractivity contribution in [2.75, 3.05) is 52.1 Å². The molecule has 0 aromatic heterocycles. The molecule has 2 aliphatic rings. The van der Waals surface area contributed by atoms with Crippen LogP contribution in [0.2, 0.25) is 0 Å². The highest BCUT2D eigenvalue weighted by atomic mass is 127. The van der Waals surface area contributed by atoms with Crippen LogP contribution in [0.1, 0.15) is 26.7 Å². The van der Waals surface area contributed by atoms with Crippen molar-refractivity contribution in [3.63, 3.8) is 0 Å². The first-order chi connectivity index (χ1) is 13.6. The van der Waals surface area contributed by atoms with Crippen LogP contribution in [0.4, 0.5) is 0 Å². The lowest BCUT2D eigenvalue weighted by Gasteiger charge is -2.35. The van der Waals surface area contributed by atoms with E-state index in [9.17, 15) is 0 Å². The fourth-order valence-electron chi connectivity index (χ4n) is 4.19. The van der Waals surface area contributed by atoms with Crippen molar-refractivity contribution in [3.05, 3.63) is 30.3 Å². The van der Waals surface area contributed by atoms with E-state index in [1.54, 1.807) is 0 Å². The number of aliphatic imine (C=N–C) groups is 1. The molecule has 3 atom stereocenters. The summed E-state index contributed by atoms with van der Waals surface area (Å²) in [6.07, 6.45) is 3.09. The number of guanidine groups is 1. The second-order valence-corrected chi connectivity index (χ2v) is 9.16. The Balaban J connectivity index is 0.00000300. The number of nitrogens with one attached hydrogen (secondary N) is 1. The number of hydrogen-bond acceptors (Lipinski definition) is 4. The van der Waals surface area contributed by atoms with E-state index in [0.717, 1.165) is 57.6 Å². The molecule has 2 fully saturated rings. The molecule has 2 heterocycles. The summed E-state index contributed by atoms with van der Waals surface area (Å²) in [5.41, 5.74) is 0. The van der Waals surface area contributed by atoms with Crippen molar-refractivity contribution in [1.82, 2.24) is 15.1 Å². The summed E-state index contributed by atoms with van der Waals surface area (Å²) in [5, 5.41) is 3.58. The Morgan fingerprint density at radius 3 is 2.59 bits per heavy atom. The monoisotopic (exact) mass is 532 g/mol. The second-order valence-electron chi connectivity index (χ2n) is 8.07. The van der Waals surface area contributed by atoms with Gasteiger partial charge >= 0.3 is 0 Å². The number of likely N-dealkylation sites (tertiary alicyclic amines) is 1. The molecule has 7 heteroatoms. The highest BCUT2D eigenvalue weighted by Gasteiger charge is 2.25. The zero-order valence-electron chi connectivity index (χ0n) is 18.0. The first-order valence-electron chi connectivity index (χ1n) is 10.6. The van der Waals surface area contributed by atoms with Crippen LogP contribution in [-0.4, -0.2) is 80.0 Å². The lowest BCUT2D eigenvalue weighted by Crippen LogP contribution is -2.46. The summed E-state index contributed by atoms with van der Waals surface area (Å²) in [4.78, 5) is 10.8. The van der Waals surface area contributed by atoms with Gasteiger partial charge in [0.25, 0.3) is 0 Å². The van der Waals surface area contributed by atoms with Crippen LogP contribution in [0, 0.1) is 5.92 Å². The fourth-order valence-corrected chi connectivity index (χ4v) is 5.24. The van der Waals surface area contributed by atoms with Gasteiger partial charge in [-0.15, -0.1) is 35.7 Å². The van der Waals surface area contributed by atoms with Gasteiger partial charge in [-0.1, -0.05) is 18.2 Å². The maximum atomic E-state index is 5.82. The topological polar surface area (TPSA) is 40.1 Å². The molecule has 29 heavy (non-hydrogen) atoms. The van der Waals surface area contributed by atoms with Crippen LogP contribution in [-0.2, 0) is 4.74 Å². The average Bonchev–Trinajstić information content (AvgIpc) is 3.15. The molecule has 2 aliphatic heterocycles. The zero-order chi connectivity index (χ0) is 19.8. The average molecular weight is 533 g/mol. The number of ether oxygens (including phenoxy) is 1. The van der Waals surface area contributed by atoms with Gasteiger partial charge < -0.3 is 15.0 Å². The van der Waals surface area contributed by atoms with Crippen LogP contribution in [0.5, 0.6) is 0 Å². The summed E-state index contributed by atoms with van der Waals surface area (Å²) >= 11 is 1.97. The van der Waals surface area contributed by atoms with E-state index < -0.39 is 0 Å². The van der Waals surface area contributed by atoms with Gasteiger partial charge in [0.15, 0.2) is 5.96 Å². The van der Waals surface area contributed by atoms with Crippen LogP contribution >= 0.6 is 35.7 Å². The van der Waals surface area contributed by atoms with Crippen molar-refractivity contribution in [2.45, 2.75) is 43.8 Å². The number of morpholine rings is 1. The Bertz CT molecular complexity index is 608. The second kappa shape index (κ2) is 13.0. The third-order valence-corrected chi connectivity index (χ3v) is 6.70. The molecular weight excluding hydrogens is 495 g/mol. The molecule has 0 amide bonds.